The number of nitrogens with zero attached hydrogens (tertiary/aromatic N) is 4. The molecule has 6 nitrogen and oxygen atoms in total. The molecule has 156 valence electrons. The minimum Gasteiger partial charge on any atom is -0.378 e. The quantitative estimate of drug-likeness (QED) is 0.833. The van der Waals surface area contributed by atoms with Crippen LogP contribution in [0, 0.1) is 13.8 Å². The van der Waals surface area contributed by atoms with Crippen molar-refractivity contribution in [2.75, 3.05) is 25.1 Å². The van der Waals surface area contributed by atoms with E-state index in [2.05, 4.69) is 33.2 Å². The number of aromatic nitrogens is 3. The Morgan fingerprint density at radius 3 is 2.69 bits per heavy atom. The molecule has 2 aromatic rings. The fourth-order valence-corrected chi connectivity index (χ4v) is 4.67. The molecule has 0 radical (unpaired) electrons. The highest BCUT2D eigenvalue weighted by molar-refractivity contribution is 5.71. The largest absolute Gasteiger partial charge is 0.378 e. The summed E-state index contributed by atoms with van der Waals surface area (Å²) in [5, 5.41) is 3.90. The van der Waals surface area contributed by atoms with Crippen molar-refractivity contribution in [3.8, 4) is 11.4 Å². The number of rotatable bonds is 5. The van der Waals surface area contributed by atoms with Gasteiger partial charge in [-0.05, 0) is 50.8 Å². The van der Waals surface area contributed by atoms with Gasteiger partial charge in [0.05, 0.1) is 11.7 Å². The summed E-state index contributed by atoms with van der Waals surface area (Å²) in [4.78, 5) is 16.3. The lowest BCUT2D eigenvalue weighted by atomic mass is 9.92. The van der Waals surface area contributed by atoms with Gasteiger partial charge in [-0.1, -0.05) is 19.3 Å². The van der Waals surface area contributed by atoms with E-state index in [-0.39, 0.29) is 6.10 Å². The number of ether oxygens (including phenoxy) is 1. The van der Waals surface area contributed by atoms with Crippen molar-refractivity contribution in [2.45, 2.75) is 70.6 Å². The molecule has 1 N–H and O–H groups in total. The van der Waals surface area contributed by atoms with Crippen LogP contribution in [0.4, 0.5) is 5.82 Å². The smallest absolute Gasteiger partial charge is 0.163 e. The Bertz CT molecular complexity index is 821. The van der Waals surface area contributed by atoms with Gasteiger partial charge >= 0.3 is 0 Å². The maximum absolute atomic E-state index is 5.92. The summed E-state index contributed by atoms with van der Waals surface area (Å²) in [7, 11) is 1.83. The molecule has 1 saturated carbocycles. The molecular weight excluding hydrogens is 362 g/mol. The summed E-state index contributed by atoms with van der Waals surface area (Å²) in [5.74, 6) is 1.70. The SMILES string of the molecule is CO[C@H]1CN(c2ncc(C)cc2-c2nccc(C)n2)CCC1NC1CCCCC1. The van der Waals surface area contributed by atoms with Gasteiger partial charge in [0.2, 0.25) is 0 Å². The molecule has 1 aliphatic carbocycles. The van der Waals surface area contributed by atoms with Crippen LogP contribution in [0.5, 0.6) is 0 Å². The fraction of sp³-hybridized carbons (Fsp3) is 0.609. The van der Waals surface area contributed by atoms with Gasteiger partial charge in [-0.25, -0.2) is 15.0 Å². The van der Waals surface area contributed by atoms with E-state index < -0.39 is 0 Å². The zero-order valence-electron chi connectivity index (χ0n) is 17.9. The van der Waals surface area contributed by atoms with Crippen LogP contribution in [0.3, 0.4) is 0 Å². The average Bonchev–Trinajstić information content (AvgIpc) is 2.75. The van der Waals surface area contributed by atoms with Gasteiger partial charge in [-0.15, -0.1) is 0 Å². The maximum Gasteiger partial charge on any atom is 0.163 e. The highest BCUT2D eigenvalue weighted by atomic mass is 16.5. The first-order valence-corrected chi connectivity index (χ1v) is 10.9. The van der Waals surface area contributed by atoms with E-state index >= 15 is 0 Å². The third kappa shape index (κ3) is 4.75. The molecule has 0 bridgehead atoms. The van der Waals surface area contributed by atoms with Crippen molar-refractivity contribution in [1.29, 1.82) is 0 Å². The molecular formula is C23H33N5O. The maximum atomic E-state index is 5.92. The zero-order valence-corrected chi connectivity index (χ0v) is 17.9. The minimum absolute atomic E-state index is 0.153. The van der Waals surface area contributed by atoms with Gasteiger partial charge in [0.25, 0.3) is 0 Å². The Hall–Kier alpha value is -2.05. The second kappa shape index (κ2) is 9.18. The van der Waals surface area contributed by atoms with Gasteiger partial charge in [0.15, 0.2) is 5.82 Å². The lowest BCUT2D eigenvalue weighted by Crippen LogP contribution is -2.56. The molecule has 1 unspecified atom stereocenters. The van der Waals surface area contributed by atoms with Gasteiger partial charge < -0.3 is 15.0 Å². The van der Waals surface area contributed by atoms with Crippen LogP contribution >= 0.6 is 0 Å². The monoisotopic (exact) mass is 395 g/mol. The third-order valence-corrected chi connectivity index (χ3v) is 6.26. The average molecular weight is 396 g/mol. The molecule has 1 saturated heterocycles. The summed E-state index contributed by atoms with van der Waals surface area (Å²) < 4.78 is 5.92. The lowest BCUT2D eigenvalue weighted by Gasteiger charge is -2.41. The van der Waals surface area contributed by atoms with Crippen LogP contribution < -0.4 is 10.2 Å². The molecule has 1 aliphatic heterocycles. The van der Waals surface area contributed by atoms with Crippen LogP contribution in [0.25, 0.3) is 11.4 Å². The number of hydrogen-bond acceptors (Lipinski definition) is 6. The molecule has 0 aromatic carbocycles. The molecule has 6 heteroatoms. The minimum atomic E-state index is 0.153. The van der Waals surface area contributed by atoms with Gasteiger partial charge in [-0.3, -0.25) is 0 Å². The highest BCUT2D eigenvalue weighted by Crippen LogP contribution is 2.30. The van der Waals surface area contributed by atoms with Crippen molar-refractivity contribution in [3.63, 3.8) is 0 Å². The molecule has 29 heavy (non-hydrogen) atoms. The second-order valence-electron chi connectivity index (χ2n) is 8.52. The summed E-state index contributed by atoms with van der Waals surface area (Å²) in [6.07, 6.45) is 11.6. The Labute approximate surface area is 174 Å². The van der Waals surface area contributed by atoms with Gasteiger partial charge in [0.1, 0.15) is 5.82 Å². The molecule has 4 rings (SSSR count). The van der Waals surface area contributed by atoms with Crippen LogP contribution in [0.1, 0.15) is 49.8 Å². The summed E-state index contributed by atoms with van der Waals surface area (Å²) in [6.45, 7) is 5.85. The molecule has 2 atom stereocenters. The zero-order chi connectivity index (χ0) is 20.2. The first kappa shape index (κ1) is 20.2. The van der Waals surface area contributed by atoms with Crippen LogP contribution in [-0.4, -0.2) is 53.3 Å². The van der Waals surface area contributed by atoms with E-state index in [0.29, 0.717) is 12.1 Å². The summed E-state index contributed by atoms with van der Waals surface area (Å²) >= 11 is 0. The van der Waals surface area contributed by atoms with E-state index in [4.69, 9.17) is 9.72 Å². The predicted molar refractivity (Wildman–Crippen MR) is 116 cm³/mol. The number of anilines is 1. The molecule has 2 fully saturated rings. The van der Waals surface area contributed by atoms with Crippen molar-refractivity contribution < 1.29 is 4.74 Å². The van der Waals surface area contributed by atoms with E-state index in [1.807, 2.05) is 32.5 Å². The Balaban J connectivity index is 1.53. The standard InChI is InChI=1S/C23H33N5O/c1-16-13-19(22-24-11-9-17(2)26-22)23(25-14-16)28-12-10-20(21(15-28)29-3)27-18-7-5-4-6-8-18/h9,11,13-14,18,20-21,27H,4-8,10,12,15H2,1-3H3/t20?,21-/m0/s1. The van der Waals surface area contributed by atoms with E-state index in [9.17, 15) is 0 Å². The highest BCUT2D eigenvalue weighted by Gasteiger charge is 2.32. The van der Waals surface area contributed by atoms with Crippen molar-refractivity contribution in [2.24, 2.45) is 0 Å². The molecule has 3 heterocycles. The van der Waals surface area contributed by atoms with Crippen molar-refractivity contribution >= 4 is 5.82 Å². The number of hydrogen-bond donors (Lipinski definition) is 1. The third-order valence-electron chi connectivity index (χ3n) is 6.26. The number of pyridine rings is 1. The fourth-order valence-electron chi connectivity index (χ4n) is 4.67. The summed E-state index contributed by atoms with van der Waals surface area (Å²) in [5.41, 5.74) is 3.08. The van der Waals surface area contributed by atoms with Crippen molar-refractivity contribution in [1.82, 2.24) is 20.3 Å². The van der Waals surface area contributed by atoms with Crippen LogP contribution in [-0.2, 0) is 4.74 Å². The molecule has 2 aliphatic rings. The van der Waals surface area contributed by atoms with Crippen LogP contribution in [0.2, 0.25) is 0 Å². The normalized spacial score (nSPS) is 23.3. The second-order valence-corrected chi connectivity index (χ2v) is 8.52. The Kier molecular flexibility index (Phi) is 6.40. The first-order valence-electron chi connectivity index (χ1n) is 10.9. The van der Waals surface area contributed by atoms with E-state index in [0.717, 1.165) is 48.0 Å². The van der Waals surface area contributed by atoms with E-state index in [1.54, 1.807) is 0 Å². The van der Waals surface area contributed by atoms with Gasteiger partial charge in [-0.2, -0.15) is 0 Å². The van der Waals surface area contributed by atoms with E-state index in [1.165, 1.54) is 32.1 Å². The number of nitrogens with one attached hydrogen (secondary N) is 1. The molecule has 2 aromatic heterocycles. The topological polar surface area (TPSA) is 63.2 Å². The summed E-state index contributed by atoms with van der Waals surface area (Å²) in [6, 6.07) is 5.12. The number of piperidine rings is 1. The number of aryl methyl sites for hydroxylation is 2. The molecule has 0 spiro atoms. The molecule has 0 amide bonds. The van der Waals surface area contributed by atoms with Gasteiger partial charge in [0, 0.05) is 50.4 Å². The first-order chi connectivity index (χ1) is 14.1. The Morgan fingerprint density at radius 1 is 1.10 bits per heavy atom. The van der Waals surface area contributed by atoms with Crippen LogP contribution in [0.15, 0.2) is 24.5 Å². The Morgan fingerprint density at radius 2 is 1.93 bits per heavy atom. The number of methoxy groups -OCH3 is 1. The predicted octanol–water partition coefficient (Wildman–Crippen LogP) is 3.67. The lowest BCUT2D eigenvalue weighted by molar-refractivity contribution is 0.0534. The van der Waals surface area contributed by atoms with Crippen molar-refractivity contribution in [3.05, 3.63) is 35.8 Å².